The number of nitrogens with zero attached hydrogens (tertiary/aromatic N) is 2. The number of carbonyl (C=O) groups excluding carboxylic acids is 7. The van der Waals surface area contributed by atoms with Crippen LogP contribution in [0.25, 0.3) is 0 Å². The molecule has 0 amide bonds. The lowest BCUT2D eigenvalue weighted by atomic mass is 9.96. The molecule has 0 aromatic carbocycles. The average Bonchev–Trinajstić information content (AvgIpc) is 3.08. The number of rotatable bonds is 27. The normalized spacial score (nSPS) is 13.6. The molecule has 1 rings (SSSR count). The Morgan fingerprint density at radius 2 is 1.25 bits per heavy atom. The van der Waals surface area contributed by atoms with Crippen LogP contribution in [0, 0.1) is 17.6 Å². The van der Waals surface area contributed by atoms with E-state index in [0.717, 1.165) is 0 Å². The van der Waals surface area contributed by atoms with E-state index >= 15 is 0 Å². The van der Waals surface area contributed by atoms with Crippen LogP contribution >= 0.6 is 0 Å². The van der Waals surface area contributed by atoms with Gasteiger partial charge in [-0.25, -0.2) is 31.3 Å². The summed E-state index contributed by atoms with van der Waals surface area (Å²) in [5, 5.41) is 30.6. The number of aliphatic hydroxyl groups excluding tert-OH is 2. The molecule has 11 N–H and O–H groups in total. The Morgan fingerprint density at radius 1 is 0.745 bits per heavy atom. The highest BCUT2D eigenvalue weighted by molar-refractivity contribution is 6.38. The van der Waals surface area contributed by atoms with E-state index in [2.05, 4.69) is 57.4 Å². The van der Waals surface area contributed by atoms with E-state index in [-0.39, 0.29) is 24.9 Å². The Balaban J connectivity index is 2.67. The number of halogens is 2. The Bertz CT molecular complexity index is 1390. The number of esters is 2. The molecule has 0 spiro atoms. The maximum atomic E-state index is 14.7. The molecule has 0 aliphatic carbocycles. The van der Waals surface area contributed by atoms with Crippen LogP contribution < -0.4 is 53.1 Å². The molecule has 0 aliphatic rings. The van der Waals surface area contributed by atoms with Gasteiger partial charge in [0.15, 0.2) is 11.6 Å². The average molecular weight is 735 g/mol. The number of hydrogen-bond donors (Lipinski definition) is 10. The maximum absolute atomic E-state index is 14.7. The predicted molar refractivity (Wildman–Crippen MR) is 169 cm³/mol. The number of carbonyl (C=O) groups is 7. The Kier molecular flexibility index (Phi) is 20.5. The van der Waals surface area contributed by atoms with Crippen molar-refractivity contribution in [3.63, 3.8) is 0 Å². The second-order valence-electron chi connectivity index (χ2n) is 11.3. The summed E-state index contributed by atoms with van der Waals surface area (Å²) in [6.45, 7) is 3.16. The van der Waals surface area contributed by atoms with E-state index in [0.29, 0.717) is 6.42 Å². The topological polar surface area (TPSA) is 314 Å². The Morgan fingerprint density at radius 3 is 1.75 bits per heavy atom. The molecule has 286 valence electrons. The summed E-state index contributed by atoms with van der Waals surface area (Å²) < 4.78 is 38.6. The minimum Gasteiger partial charge on any atom is -0.401 e. The molecular weight excluding hydrogens is 690 g/mol. The van der Waals surface area contributed by atoms with Crippen LogP contribution in [0.1, 0.15) is 40.5 Å². The molecule has 51 heavy (non-hydrogen) atoms. The molecule has 0 radical (unpaired) electrons. The fourth-order valence-electron chi connectivity index (χ4n) is 3.67. The standard InChI is InChI=1S/C28H44F2N10O11/c1-13(2)5-16(37-31)20(45)6-19(44)15(4)32-12-33-17(10-41)27(48)50-25-23(29)24(30)26(40-39-25)51-28(49)18(11-42)38-36-9-22(47)21(46)8-35-34-7-14(3)43/h13,15-18,32-38,41-42H,5-12,31H2,1-4H3/t15-,16-,17-,18-/m0/s1. The first-order valence-electron chi connectivity index (χ1n) is 15.4. The van der Waals surface area contributed by atoms with Gasteiger partial charge in [0.05, 0.1) is 51.4 Å². The highest BCUT2D eigenvalue weighted by Crippen LogP contribution is 2.23. The minimum atomic E-state index is -1.92. The number of Topliss-reactive ketones (excluding diaryl/α,β-unsaturated/α-hetero) is 5. The number of nitrogens with two attached hydrogens (primary N) is 1. The fourth-order valence-corrected chi connectivity index (χ4v) is 3.67. The van der Waals surface area contributed by atoms with Crippen LogP contribution in [0.15, 0.2) is 0 Å². The molecule has 0 unspecified atom stereocenters. The Labute approximate surface area is 290 Å². The van der Waals surface area contributed by atoms with Gasteiger partial charge >= 0.3 is 11.9 Å². The first-order valence-corrected chi connectivity index (χ1v) is 15.4. The van der Waals surface area contributed by atoms with Gasteiger partial charge in [0, 0.05) is 6.67 Å². The summed E-state index contributed by atoms with van der Waals surface area (Å²) in [6, 6.07) is -4.80. The Hall–Kier alpha value is -4.17. The number of aromatic nitrogens is 2. The lowest BCUT2D eigenvalue weighted by Crippen LogP contribution is -2.52. The molecule has 0 bridgehead atoms. The lowest BCUT2D eigenvalue weighted by molar-refractivity contribution is -0.140. The molecule has 0 aliphatic heterocycles. The maximum Gasteiger partial charge on any atom is 0.333 e. The van der Waals surface area contributed by atoms with Gasteiger partial charge in [-0.1, -0.05) is 13.8 Å². The van der Waals surface area contributed by atoms with Gasteiger partial charge in [-0.05, 0) is 26.2 Å². The van der Waals surface area contributed by atoms with Crippen molar-refractivity contribution in [2.75, 3.05) is 39.5 Å². The predicted octanol–water partition coefficient (Wildman–Crippen LogP) is -4.87. The van der Waals surface area contributed by atoms with Gasteiger partial charge in [-0.3, -0.25) is 45.9 Å². The van der Waals surface area contributed by atoms with Crippen LogP contribution in [0.4, 0.5) is 8.78 Å². The monoisotopic (exact) mass is 734 g/mol. The van der Waals surface area contributed by atoms with Gasteiger partial charge in [0.25, 0.3) is 11.8 Å². The van der Waals surface area contributed by atoms with E-state index in [1.54, 1.807) is 0 Å². The number of hydrazine groups is 3. The SMILES string of the molecule is CC(=O)CNNCC(=O)C(=O)CNN[C@@H](CO)C(=O)Oc1nnc(OC(=O)[C@H](CO)NCN[C@@H](C)C(=O)CC(=O)[C@H](CC(C)C)NN)c(F)c1F. The highest BCUT2D eigenvalue weighted by Gasteiger charge is 2.29. The van der Waals surface area contributed by atoms with E-state index in [9.17, 15) is 52.6 Å². The highest BCUT2D eigenvalue weighted by atomic mass is 19.2. The molecule has 4 atom stereocenters. The van der Waals surface area contributed by atoms with Crippen molar-refractivity contribution in [1.29, 1.82) is 0 Å². The quantitative estimate of drug-likeness (QED) is 0.00770. The third-order valence-corrected chi connectivity index (χ3v) is 6.56. The summed E-state index contributed by atoms with van der Waals surface area (Å²) in [5.74, 6) is -6.64. The van der Waals surface area contributed by atoms with Crippen molar-refractivity contribution in [2.24, 2.45) is 11.8 Å². The van der Waals surface area contributed by atoms with Gasteiger partial charge in [-0.15, -0.1) is 10.2 Å². The second kappa shape index (κ2) is 23.3. The fraction of sp³-hybridized carbons (Fsp3) is 0.607. The van der Waals surface area contributed by atoms with E-state index in [1.165, 1.54) is 13.8 Å². The summed E-state index contributed by atoms with van der Waals surface area (Å²) in [6.07, 6.45) is 0.00254. The molecule has 0 saturated carbocycles. The van der Waals surface area contributed by atoms with Crippen LogP contribution in [0.2, 0.25) is 0 Å². The first kappa shape index (κ1) is 44.9. The van der Waals surface area contributed by atoms with E-state index < -0.39 is 115 Å². The number of ether oxygens (including phenoxy) is 2. The minimum absolute atomic E-state index is 0.0880. The first-order chi connectivity index (χ1) is 24.1. The molecule has 1 aromatic rings. The smallest absolute Gasteiger partial charge is 0.333 e. The molecule has 0 fully saturated rings. The van der Waals surface area contributed by atoms with Gasteiger partial charge < -0.3 is 19.7 Å². The van der Waals surface area contributed by atoms with Crippen molar-refractivity contribution in [1.82, 2.24) is 48.0 Å². The number of aliphatic hydroxyl groups is 2. The summed E-state index contributed by atoms with van der Waals surface area (Å²) >= 11 is 0. The molecule has 21 nitrogen and oxygen atoms in total. The third-order valence-electron chi connectivity index (χ3n) is 6.56. The summed E-state index contributed by atoms with van der Waals surface area (Å²) in [7, 11) is 0. The molecule has 1 heterocycles. The number of hydrogen-bond acceptors (Lipinski definition) is 21. The molecule has 0 saturated heterocycles. The summed E-state index contributed by atoms with van der Waals surface area (Å²) in [5.41, 5.74) is 11.5. The van der Waals surface area contributed by atoms with E-state index in [4.69, 9.17) is 5.84 Å². The largest absolute Gasteiger partial charge is 0.401 e. The number of ketones is 5. The van der Waals surface area contributed by atoms with E-state index in [1.807, 2.05) is 13.8 Å². The van der Waals surface area contributed by atoms with Crippen molar-refractivity contribution < 1.29 is 62.0 Å². The van der Waals surface area contributed by atoms with Crippen molar-refractivity contribution in [3.05, 3.63) is 11.6 Å². The second-order valence-corrected chi connectivity index (χ2v) is 11.3. The van der Waals surface area contributed by atoms with Crippen molar-refractivity contribution in [3.8, 4) is 11.8 Å². The molecule has 23 heteroatoms. The van der Waals surface area contributed by atoms with Crippen LogP contribution in [0.5, 0.6) is 11.8 Å². The zero-order chi connectivity index (χ0) is 38.7. The van der Waals surface area contributed by atoms with Crippen LogP contribution in [0.3, 0.4) is 0 Å². The van der Waals surface area contributed by atoms with Gasteiger partial charge in [-0.2, -0.15) is 8.78 Å². The van der Waals surface area contributed by atoms with Crippen molar-refractivity contribution >= 4 is 40.9 Å². The lowest BCUT2D eigenvalue weighted by Gasteiger charge is -2.19. The third kappa shape index (κ3) is 16.2. The number of nitrogens with one attached hydrogen (secondary N) is 7. The summed E-state index contributed by atoms with van der Waals surface area (Å²) in [4.78, 5) is 84.1. The van der Waals surface area contributed by atoms with Gasteiger partial charge in [0.1, 0.15) is 17.9 Å². The molecular formula is C28H44F2N10O11. The van der Waals surface area contributed by atoms with Crippen LogP contribution in [-0.2, 0) is 33.6 Å². The van der Waals surface area contributed by atoms with Crippen molar-refractivity contribution in [2.45, 2.75) is 64.7 Å². The van der Waals surface area contributed by atoms with Gasteiger partial charge in [0.2, 0.25) is 23.2 Å². The molecule has 1 aromatic heterocycles. The zero-order valence-corrected chi connectivity index (χ0v) is 28.3. The van der Waals surface area contributed by atoms with Crippen LogP contribution in [-0.4, -0.2) is 125 Å². The zero-order valence-electron chi connectivity index (χ0n) is 28.3.